The molecule has 0 aromatic rings. The van der Waals surface area contributed by atoms with Crippen molar-refractivity contribution in [3.63, 3.8) is 0 Å². The molecular formula is C8H12ClNO. The molecule has 11 heavy (non-hydrogen) atoms. The van der Waals surface area contributed by atoms with Crippen LogP contribution in [0.25, 0.3) is 0 Å². The minimum Gasteiger partial charge on any atom is -0.376 e. The lowest BCUT2D eigenvalue weighted by atomic mass is 10.1. The van der Waals surface area contributed by atoms with E-state index in [9.17, 15) is 0 Å². The third kappa shape index (κ3) is 2.06. The molecular weight excluding hydrogens is 162 g/mol. The van der Waals surface area contributed by atoms with Gasteiger partial charge in [0.15, 0.2) is 0 Å². The van der Waals surface area contributed by atoms with E-state index in [4.69, 9.17) is 22.1 Å². The Labute approximate surface area is 71.7 Å². The maximum atomic E-state index is 5.90. The number of hydrogen-bond acceptors (Lipinski definition) is 2. The molecule has 0 aromatic carbocycles. The molecule has 1 unspecified atom stereocenters. The van der Waals surface area contributed by atoms with Gasteiger partial charge in [-0.15, -0.1) is 0 Å². The molecule has 0 spiro atoms. The largest absolute Gasteiger partial charge is 0.376 e. The van der Waals surface area contributed by atoms with E-state index in [1.54, 1.807) is 7.11 Å². The summed E-state index contributed by atoms with van der Waals surface area (Å²) in [6, 6.07) is 0. The predicted molar refractivity (Wildman–Crippen MR) is 46.5 cm³/mol. The Morgan fingerprint density at radius 3 is 3.00 bits per heavy atom. The zero-order chi connectivity index (χ0) is 8.27. The van der Waals surface area contributed by atoms with Crippen LogP contribution in [0.2, 0.25) is 0 Å². The second kappa shape index (κ2) is 3.90. The summed E-state index contributed by atoms with van der Waals surface area (Å²) in [7, 11) is 1.65. The highest BCUT2D eigenvalue weighted by molar-refractivity contribution is 6.30. The van der Waals surface area contributed by atoms with E-state index in [1.165, 1.54) is 0 Å². The van der Waals surface area contributed by atoms with Crippen LogP contribution in [0, 0.1) is 0 Å². The third-order valence-corrected chi connectivity index (χ3v) is 2.10. The first kappa shape index (κ1) is 8.78. The normalized spacial score (nSPS) is 24.5. The van der Waals surface area contributed by atoms with E-state index in [0.29, 0.717) is 6.54 Å². The molecule has 62 valence electrons. The maximum absolute atomic E-state index is 5.90. The Kier molecular flexibility index (Phi) is 3.12. The summed E-state index contributed by atoms with van der Waals surface area (Å²) in [5, 5.41) is 0.746. The van der Waals surface area contributed by atoms with Gasteiger partial charge >= 0.3 is 0 Å². The minimum absolute atomic E-state index is 0.0342. The molecule has 3 heteroatoms. The van der Waals surface area contributed by atoms with Crippen LogP contribution >= 0.6 is 11.6 Å². The Morgan fingerprint density at radius 2 is 2.55 bits per heavy atom. The van der Waals surface area contributed by atoms with Crippen molar-refractivity contribution in [2.24, 2.45) is 5.73 Å². The van der Waals surface area contributed by atoms with Crippen LogP contribution in [-0.2, 0) is 4.74 Å². The van der Waals surface area contributed by atoms with Gasteiger partial charge in [0.2, 0.25) is 0 Å². The van der Waals surface area contributed by atoms with Crippen molar-refractivity contribution in [1.82, 2.24) is 0 Å². The molecule has 1 rings (SSSR count). The minimum atomic E-state index is 0.0342. The molecule has 1 aliphatic carbocycles. The number of methoxy groups -OCH3 is 1. The highest BCUT2D eigenvalue weighted by atomic mass is 35.5. The molecule has 1 aliphatic rings. The average molecular weight is 174 g/mol. The Balaban J connectivity index is 2.65. The number of halogens is 1. The van der Waals surface area contributed by atoms with E-state index in [2.05, 4.69) is 6.08 Å². The van der Waals surface area contributed by atoms with Crippen LogP contribution in [0.1, 0.15) is 6.42 Å². The van der Waals surface area contributed by atoms with Crippen molar-refractivity contribution in [3.05, 3.63) is 22.8 Å². The molecule has 2 N–H and O–H groups in total. The smallest absolute Gasteiger partial charge is 0.0961 e. The second-order valence-corrected chi connectivity index (χ2v) is 2.91. The van der Waals surface area contributed by atoms with Gasteiger partial charge in [-0.25, -0.2) is 0 Å². The van der Waals surface area contributed by atoms with E-state index >= 15 is 0 Å². The van der Waals surface area contributed by atoms with Gasteiger partial charge in [0.05, 0.1) is 6.10 Å². The number of nitrogens with two attached hydrogens (primary N) is 1. The van der Waals surface area contributed by atoms with E-state index in [1.807, 2.05) is 6.08 Å². The van der Waals surface area contributed by atoms with Crippen molar-refractivity contribution < 1.29 is 4.74 Å². The molecule has 0 bridgehead atoms. The first-order chi connectivity index (χ1) is 5.27. The fourth-order valence-electron chi connectivity index (χ4n) is 1.05. The fourth-order valence-corrected chi connectivity index (χ4v) is 1.37. The molecule has 0 saturated heterocycles. The second-order valence-electron chi connectivity index (χ2n) is 2.47. The standard InChI is InChI=1S/C8H12ClNO/c1-11-8-3-2-6(5-10)4-7(8)9/h2,4,8H,3,5,10H2,1H3. The first-order valence-corrected chi connectivity index (χ1v) is 3.94. The lowest BCUT2D eigenvalue weighted by Crippen LogP contribution is -2.15. The van der Waals surface area contributed by atoms with Crippen LogP contribution in [0.15, 0.2) is 22.8 Å². The van der Waals surface area contributed by atoms with Crippen LogP contribution in [0.5, 0.6) is 0 Å². The lowest BCUT2D eigenvalue weighted by molar-refractivity contribution is 0.138. The topological polar surface area (TPSA) is 35.2 Å². The molecule has 0 amide bonds. The molecule has 0 aromatic heterocycles. The van der Waals surface area contributed by atoms with Gasteiger partial charge in [-0.3, -0.25) is 0 Å². The third-order valence-electron chi connectivity index (χ3n) is 1.75. The molecule has 0 heterocycles. The van der Waals surface area contributed by atoms with E-state index in [0.717, 1.165) is 17.0 Å². The summed E-state index contributed by atoms with van der Waals surface area (Å²) in [5.41, 5.74) is 6.53. The Morgan fingerprint density at radius 1 is 1.82 bits per heavy atom. The van der Waals surface area contributed by atoms with Gasteiger partial charge in [-0.1, -0.05) is 17.7 Å². The number of hydrogen-bond donors (Lipinski definition) is 1. The zero-order valence-electron chi connectivity index (χ0n) is 6.51. The Bertz CT molecular complexity index is 198. The van der Waals surface area contributed by atoms with Crippen molar-refractivity contribution in [2.75, 3.05) is 13.7 Å². The fraction of sp³-hybridized carbons (Fsp3) is 0.500. The van der Waals surface area contributed by atoms with Gasteiger partial charge < -0.3 is 10.5 Å². The molecule has 2 nitrogen and oxygen atoms in total. The summed E-state index contributed by atoms with van der Waals surface area (Å²) in [6.07, 6.45) is 4.80. The lowest BCUT2D eigenvalue weighted by Gasteiger charge is -2.17. The van der Waals surface area contributed by atoms with Gasteiger partial charge in [-0.05, 0) is 18.1 Å². The number of rotatable bonds is 2. The summed E-state index contributed by atoms with van der Waals surface area (Å²) in [5.74, 6) is 0. The van der Waals surface area contributed by atoms with Crippen LogP contribution in [0.4, 0.5) is 0 Å². The molecule has 1 atom stereocenters. The molecule has 0 fully saturated rings. The van der Waals surface area contributed by atoms with Gasteiger partial charge in [0, 0.05) is 18.7 Å². The first-order valence-electron chi connectivity index (χ1n) is 3.57. The van der Waals surface area contributed by atoms with Crippen molar-refractivity contribution in [1.29, 1.82) is 0 Å². The summed E-state index contributed by atoms with van der Waals surface area (Å²) in [4.78, 5) is 0. The Hall–Kier alpha value is -0.310. The van der Waals surface area contributed by atoms with E-state index in [-0.39, 0.29) is 6.10 Å². The quantitative estimate of drug-likeness (QED) is 0.686. The van der Waals surface area contributed by atoms with Gasteiger partial charge in [0.25, 0.3) is 0 Å². The molecule has 0 aliphatic heterocycles. The molecule has 0 saturated carbocycles. The van der Waals surface area contributed by atoms with Crippen molar-refractivity contribution >= 4 is 11.6 Å². The van der Waals surface area contributed by atoms with Crippen molar-refractivity contribution in [2.45, 2.75) is 12.5 Å². The SMILES string of the molecule is COC1CC=C(CN)C=C1Cl. The predicted octanol–water partition coefficient (Wildman–Crippen LogP) is 1.41. The molecule has 0 radical (unpaired) electrons. The highest BCUT2D eigenvalue weighted by Crippen LogP contribution is 2.22. The van der Waals surface area contributed by atoms with Gasteiger partial charge in [-0.2, -0.15) is 0 Å². The summed E-state index contributed by atoms with van der Waals surface area (Å²) in [6.45, 7) is 0.548. The highest BCUT2D eigenvalue weighted by Gasteiger charge is 2.14. The van der Waals surface area contributed by atoms with Crippen LogP contribution in [0.3, 0.4) is 0 Å². The van der Waals surface area contributed by atoms with Gasteiger partial charge in [0.1, 0.15) is 0 Å². The van der Waals surface area contributed by atoms with Crippen molar-refractivity contribution in [3.8, 4) is 0 Å². The van der Waals surface area contributed by atoms with Crippen LogP contribution in [-0.4, -0.2) is 19.8 Å². The zero-order valence-corrected chi connectivity index (χ0v) is 7.27. The van der Waals surface area contributed by atoms with Crippen LogP contribution < -0.4 is 5.73 Å². The number of ether oxygens (including phenoxy) is 1. The monoisotopic (exact) mass is 173 g/mol. The maximum Gasteiger partial charge on any atom is 0.0961 e. The summed E-state index contributed by atoms with van der Waals surface area (Å²) >= 11 is 5.90. The summed E-state index contributed by atoms with van der Waals surface area (Å²) < 4.78 is 5.11. The van der Waals surface area contributed by atoms with E-state index < -0.39 is 0 Å². The average Bonchev–Trinajstić information content (AvgIpc) is 2.04.